The lowest BCUT2D eigenvalue weighted by molar-refractivity contribution is 0.340. The number of benzene rings is 2. The van der Waals surface area contributed by atoms with Gasteiger partial charge in [0, 0.05) is 5.56 Å². The Kier molecular flexibility index (Phi) is 5.68. The molecule has 0 saturated heterocycles. The van der Waals surface area contributed by atoms with Gasteiger partial charge >= 0.3 is 0 Å². The molecule has 0 aliphatic heterocycles. The van der Waals surface area contributed by atoms with Gasteiger partial charge in [0.15, 0.2) is 11.5 Å². The summed E-state index contributed by atoms with van der Waals surface area (Å²) in [5.41, 5.74) is 1.28. The van der Waals surface area contributed by atoms with Crippen LogP contribution in [0.5, 0.6) is 5.75 Å². The van der Waals surface area contributed by atoms with Crippen molar-refractivity contribution in [3.63, 3.8) is 0 Å². The van der Waals surface area contributed by atoms with Crippen LogP contribution in [-0.2, 0) is 0 Å². The number of nitriles is 1. The Labute approximate surface area is 176 Å². The molecule has 0 radical (unpaired) electrons. The van der Waals surface area contributed by atoms with Crippen LogP contribution in [0.15, 0.2) is 70.8 Å². The molecule has 0 N–H and O–H groups in total. The molecular formula is C21H15FN6OS. The van der Waals surface area contributed by atoms with E-state index >= 15 is 0 Å². The maximum absolute atomic E-state index is 14.7. The third-order valence-corrected chi connectivity index (χ3v) is 4.97. The van der Waals surface area contributed by atoms with Gasteiger partial charge in [0.1, 0.15) is 22.7 Å². The van der Waals surface area contributed by atoms with Crippen molar-refractivity contribution < 1.29 is 9.13 Å². The zero-order chi connectivity index (χ0) is 20.9. The van der Waals surface area contributed by atoms with E-state index in [4.69, 9.17) is 10.00 Å². The summed E-state index contributed by atoms with van der Waals surface area (Å²) in [6.07, 6.45) is 0. The van der Waals surface area contributed by atoms with Gasteiger partial charge in [0.25, 0.3) is 0 Å². The molecule has 0 amide bonds. The number of aromatic nitrogens is 5. The van der Waals surface area contributed by atoms with Crippen LogP contribution in [0.1, 0.15) is 12.6 Å². The average Bonchev–Trinajstić information content (AvgIpc) is 3.18. The molecule has 2 aromatic heterocycles. The number of halogens is 1. The van der Waals surface area contributed by atoms with Crippen LogP contribution in [0.4, 0.5) is 4.39 Å². The van der Waals surface area contributed by atoms with Crippen molar-refractivity contribution in [2.24, 2.45) is 0 Å². The van der Waals surface area contributed by atoms with Gasteiger partial charge in [0.05, 0.1) is 12.3 Å². The van der Waals surface area contributed by atoms with Gasteiger partial charge in [-0.1, -0.05) is 12.1 Å². The lowest BCUT2D eigenvalue weighted by atomic mass is 10.2. The van der Waals surface area contributed by atoms with Crippen molar-refractivity contribution in [1.29, 1.82) is 5.26 Å². The van der Waals surface area contributed by atoms with Crippen molar-refractivity contribution in [3.8, 4) is 28.9 Å². The van der Waals surface area contributed by atoms with Crippen LogP contribution in [0.25, 0.3) is 17.1 Å². The highest BCUT2D eigenvalue weighted by Gasteiger charge is 2.19. The van der Waals surface area contributed by atoms with E-state index in [9.17, 15) is 4.39 Å². The quantitative estimate of drug-likeness (QED) is 0.461. The van der Waals surface area contributed by atoms with Gasteiger partial charge in [0.2, 0.25) is 5.16 Å². The Morgan fingerprint density at radius 1 is 1.00 bits per heavy atom. The first-order chi connectivity index (χ1) is 14.7. The minimum atomic E-state index is -0.405. The molecule has 4 aromatic rings. The first-order valence-corrected chi connectivity index (χ1v) is 9.86. The standard InChI is InChI=1S/C21H15FN6OS/c1-2-29-16-10-7-14(8-11-16)20-26-27-21(28(20)18-6-4-3-5-17(18)22)30-19-12-9-15(13-23)24-25-19/h3-12H,2H2,1H3. The molecule has 7 nitrogen and oxygen atoms in total. The van der Waals surface area contributed by atoms with Crippen molar-refractivity contribution in [2.75, 3.05) is 6.61 Å². The summed E-state index contributed by atoms with van der Waals surface area (Å²) in [5, 5.41) is 26.2. The normalized spacial score (nSPS) is 10.6. The second kappa shape index (κ2) is 8.71. The highest BCUT2D eigenvalue weighted by molar-refractivity contribution is 7.99. The summed E-state index contributed by atoms with van der Waals surface area (Å²) in [6, 6.07) is 18.9. The maximum Gasteiger partial charge on any atom is 0.202 e. The molecule has 2 aromatic carbocycles. The fourth-order valence-corrected chi connectivity index (χ4v) is 3.53. The van der Waals surface area contributed by atoms with Gasteiger partial charge in [-0.15, -0.1) is 20.4 Å². The van der Waals surface area contributed by atoms with E-state index in [0.717, 1.165) is 11.3 Å². The minimum absolute atomic E-state index is 0.213. The third-order valence-electron chi connectivity index (χ3n) is 4.10. The van der Waals surface area contributed by atoms with Crippen LogP contribution in [0.2, 0.25) is 0 Å². The fourth-order valence-electron chi connectivity index (χ4n) is 2.77. The molecule has 0 fully saturated rings. The summed E-state index contributed by atoms with van der Waals surface area (Å²) in [4.78, 5) is 0. The van der Waals surface area contributed by atoms with Gasteiger partial charge in [-0.05, 0) is 67.2 Å². The Bertz CT molecular complexity index is 1200. The van der Waals surface area contributed by atoms with Crippen LogP contribution >= 0.6 is 11.8 Å². The van der Waals surface area contributed by atoms with E-state index in [1.807, 2.05) is 37.3 Å². The molecule has 2 heterocycles. The molecular weight excluding hydrogens is 403 g/mol. The molecule has 30 heavy (non-hydrogen) atoms. The molecule has 4 rings (SSSR count). The molecule has 9 heteroatoms. The predicted molar refractivity (Wildman–Crippen MR) is 109 cm³/mol. The van der Waals surface area contributed by atoms with Crippen molar-refractivity contribution >= 4 is 11.8 Å². The average molecular weight is 418 g/mol. The molecule has 0 saturated carbocycles. The number of hydrogen-bond donors (Lipinski definition) is 0. The molecule has 0 spiro atoms. The van der Waals surface area contributed by atoms with Crippen LogP contribution in [-0.4, -0.2) is 31.6 Å². The zero-order valence-electron chi connectivity index (χ0n) is 15.9. The lowest BCUT2D eigenvalue weighted by Gasteiger charge is -2.11. The van der Waals surface area contributed by atoms with E-state index in [2.05, 4.69) is 20.4 Å². The molecule has 0 unspecified atom stereocenters. The van der Waals surface area contributed by atoms with Gasteiger partial charge in [-0.3, -0.25) is 4.57 Å². The van der Waals surface area contributed by atoms with Crippen molar-refractivity contribution in [3.05, 3.63) is 72.2 Å². The topological polar surface area (TPSA) is 89.5 Å². The van der Waals surface area contributed by atoms with E-state index in [1.165, 1.54) is 17.8 Å². The van der Waals surface area contributed by atoms with Crippen LogP contribution in [0.3, 0.4) is 0 Å². The Hall–Kier alpha value is -3.77. The molecule has 0 aliphatic carbocycles. The van der Waals surface area contributed by atoms with Gasteiger partial charge in [-0.25, -0.2) is 4.39 Å². The second-order valence-electron chi connectivity index (χ2n) is 6.02. The van der Waals surface area contributed by atoms with Crippen molar-refractivity contribution in [2.45, 2.75) is 17.1 Å². The Morgan fingerprint density at radius 3 is 2.47 bits per heavy atom. The largest absolute Gasteiger partial charge is 0.494 e. The van der Waals surface area contributed by atoms with Crippen molar-refractivity contribution in [1.82, 2.24) is 25.0 Å². The maximum atomic E-state index is 14.7. The summed E-state index contributed by atoms with van der Waals surface area (Å²) in [6.45, 7) is 2.48. The Morgan fingerprint density at radius 2 is 1.80 bits per heavy atom. The van der Waals surface area contributed by atoms with Crippen LogP contribution < -0.4 is 4.74 Å². The summed E-state index contributed by atoms with van der Waals surface area (Å²) in [5.74, 6) is 0.810. The second-order valence-corrected chi connectivity index (χ2v) is 7.01. The van der Waals surface area contributed by atoms with E-state index in [0.29, 0.717) is 28.3 Å². The van der Waals surface area contributed by atoms with E-state index < -0.39 is 5.82 Å². The lowest BCUT2D eigenvalue weighted by Crippen LogP contribution is -2.02. The summed E-state index contributed by atoms with van der Waals surface area (Å²) in [7, 11) is 0. The zero-order valence-corrected chi connectivity index (χ0v) is 16.7. The fraction of sp³-hybridized carbons (Fsp3) is 0.0952. The predicted octanol–water partition coefficient (Wildman–Crippen LogP) is 4.28. The van der Waals surface area contributed by atoms with Crippen LogP contribution in [0, 0.1) is 17.1 Å². The molecule has 0 bridgehead atoms. The molecule has 148 valence electrons. The minimum Gasteiger partial charge on any atom is -0.494 e. The number of nitrogens with zero attached hydrogens (tertiary/aromatic N) is 6. The molecule has 0 atom stereocenters. The highest BCUT2D eigenvalue weighted by Crippen LogP contribution is 2.32. The van der Waals surface area contributed by atoms with Gasteiger partial charge in [-0.2, -0.15) is 5.26 Å². The number of para-hydroxylation sites is 1. The SMILES string of the molecule is CCOc1ccc(-c2nnc(Sc3ccc(C#N)nn3)n2-c2ccccc2F)cc1. The number of hydrogen-bond acceptors (Lipinski definition) is 7. The Balaban J connectivity index is 1.79. The van der Waals surface area contributed by atoms with E-state index in [1.54, 1.807) is 34.9 Å². The molecule has 0 aliphatic rings. The summed E-state index contributed by atoms with van der Waals surface area (Å²) < 4.78 is 21.8. The summed E-state index contributed by atoms with van der Waals surface area (Å²) >= 11 is 1.18. The first kappa shape index (κ1) is 19.5. The number of rotatable bonds is 6. The van der Waals surface area contributed by atoms with E-state index in [-0.39, 0.29) is 5.69 Å². The monoisotopic (exact) mass is 418 g/mol. The third kappa shape index (κ3) is 3.99. The highest BCUT2D eigenvalue weighted by atomic mass is 32.2. The number of ether oxygens (including phenoxy) is 1. The first-order valence-electron chi connectivity index (χ1n) is 9.05. The van der Waals surface area contributed by atoms with Gasteiger partial charge < -0.3 is 4.74 Å². The smallest absolute Gasteiger partial charge is 0.202 e.